The van der Waals surface area contributed by atoms with Crippen molar-refractivity contribution in [1.82, 2.24) is 19.2 Å². The van der Waals surface area contributed by atoms with Crippen LogP contribution in [0.1, 0.15) is 35.8 Å². The minimum absolute atomic E-state index is 0.237. The Balaban J connectivity index is 1.66. The molecule has 6 nitrogen and oxygen atoms in total. The van der Waals surface area contributed by atoms with Crippen molar-refractivity contribution < 1.29 is 9.47 Å². The molecule has 3 aromatic rings. The van der Waals surface area contributed by atoms with Crippen LogP contribution in [0.15, 0.2) is 42.5 Å². The summed E-state index contributed by atoms with van der Waals surface area (Å²) in [5.74, 6) is 2.62. The van der Waals surface area contributed by atoms with Crippen LogP contribution in [-0.2, 0) is 6.67 Å². The molecule has 0 unspecified atom stereocenters. The number of aromatic nitrogens is 3. The Kier molecular flexibility index (Phi) is 5.92. The number of aryl methyl sites for hydroxylation is 2. The first-order chi connectivity index (χ1) is 14.5. The SMILES string of the molecule is COc1ccc(OC)c([C@@H]2CCCN2Cn2nc(C)n(-c3ccccc3C)c2=S)c1. The number of hydrogen-bond acceptors (Lipinski definition) is 5. The lowest BCUT2D eigenvalue weighted by Crippen LogP contribution is -2.27. The van der Waals surface area contributed by atoms with E-state index in [9.17, 15) is 0 Å². The summed E-state index contributed by atoms with van der Waals surface area (Å²) in [6.45, 7) is 5.73. The zero-order valence-corrected chi connectivity index (χ0v) is 18.8. The van der Waals surface area contributed by atoms with Gasteiger partial charge in [-0.15, -0.1) is 0 Å². The molecule has 0 spiro atoms. The minimum atomic E-state index is 0.237. The summed E-state index contributed by atoms with van der Waals surface area (Å²) in [6, 6.07) is 14.5. The Labute approximate surface area is 182 Å². The van der Waals surface area contributed by atoms with E-state index in [4.69, 9.17) is 26.8 Å². The van der Waals surface area contributed by atoms with Gasteiger partial charge in [0.25, 0.3) is 0 Å². The molecule has 2 aromatic carbocycles. The summed E-state index contributed by atoms with van der Waals surface area (Å²) in [5.41, 5.74) is 3.41. The lowest BCUT2D eigenvalue weighted by atomic mass is 10.0. The van der Waals surface area contributed by atoms with Gasteiger partial charge in [-0.05, 0) is 68.7 Å². The standard InChI is InChI=1S/C23H28N4O2S/c1-16-8-5-6-9-20(16)27-17(2)24-26(23(27)30)15-25-13-7-10-21(25)19-14-18(28-3)11-12-22(19)29-4/h5-6,8-9,11-12,14,21H,7,10,13,15H2,1-4H3/t21-/m0/s1. The fourth-order valence-corrected chi connectivity index (χ4v) is 4.65. The molecule has 1 saturated heterocycles. The maximum Gasteiger partial charge on any atom is 0.203 e. The van der Waals surface area contributed by atoms with Gasteiger partial charge in [0, 0.05) is 18.2 Å². The van der Waals surface area contributed by atoms with Crippen molar-refractivity contribution in [1.29, 1.82) is 0 Å². The highest BCUT2D eigenvalue weighted by atomic mass is 32.1. The van der Waals surface area contributed by atoms with Gasteiger partial charge in [0.2, 0.25) is 4.77 Å². The largest absolute Gasteiger partial charge is 0.497 e. The monoisotopic (exact) mass is 424 g/mol. The number of ether oxygens (including phenoxy) is 2. The van der Waals surface area contributed by atoms with E-state index >= 15 is 0 Å². The molecule has 0 radical (unpaired) electrons. The molecular formula is C23H28N4O2S. The minimum Gasteiger partial charge on any atom is -0.497 e. The van der Waals surface area contributed by atoms with Crippen LogP contribution in [0.4, 0.5) is 0 Å². The van der Waals surface area contributed by atoms with E-state index in [1.807, 2.05) is 35.9 Å². The normalized spacial score (nSPS) is 16.7. The van der Waals surface area contributed by atoms with Crippen LogP contribution in [0, 0.1) is 18.6 Å². The van der Waals surface area contributed by atoms with Crippen LogP contribution in [0.2, 0.25) is 0 Å². The maximum absolute atomic E-state index is 5.82. The molecule has 1 aliphatic heterocycles. The summed E-state index contributed by atoms with van der Waals surface area (Å²) >= 11 is 5.82. The first-order valence-corrected chi connectivity index (χ1v) is 10.6. The van der Waals surface area contributed by atoms with Gasteiger partial charge in [-0.1, -0.05) is 18.2 Å². The molecule has 1 atom stereocenters. The van der Waals surface area contributed by atoms with E-state index in [1.54, 1.807) is 14.2 Å². The average molecular weight is 425 g/mol. The molecule has 0 saturated carbocycles. The fraction of sp³-hybridized carbons (Fsp3) is 0.391. The van der Waals surface area contributed by atoms with Crippen molar-refractivity contribution in [3.8, 4) is 17.2 Å². The van der Waals surface area contributed by atoms with Crippen LogP contribution < -0.4 is 9.47 Å². The number of benzene rings is 2. The number of para-hydroxylation sites is 1. The Morgan fingerprint density at radius 1 is 1.10 bits per heavy atom. The molecule has 0 N–H and O–H groups in total. The van der Waals surface area contributed by atoms with Crippen LogP contribution in [-0.4, -0.2) is 40.0 Å². The van der Waals surface area contributed by atoms with E-state index in [0.717, 1.165) is 48.0 Å². The first kappa shape index (κ1) is 20.6. The number of hydrogen-bond donors (Lipinski definition) is 0. The highest BCUT2D eigenvalue weighted by Gasteiger charge is 2.29. The van der Waals surface area contributed by atoms with E-state index in [-0.39, 0.29) is 6.04 Å². The molecule has 0 bridgehead atoms. The van der Waals surface area contributed by atoms with Gasteiger partial charge in [0.15, 0.2) is 0 Å². The number of rotatable bonds is 6. The predicted octanol–water partition coefficient (Wildman–Crippen LogP) is 4.83. The van der Waals surface area contributed by atoms with Gasteiger partial charge in [0.1, 0.15) is 17.3 Å². The van der Waals surface area contributed by atoms with Crippen molar-refractivity contribution in [3.05, 3.63) is 64.2 Å². The molecule has 1 fully saturated rings. The number of methoxy groups -OCH3 is 2. The Hall–Kier alpha value is -2.64. The number of likely N-dealkylation sites (tertiary alicyclic amines) is 1. The summed E-state index contributed by atoms with van der Waals surface area (Å²) in [4.78, 5) is 2.42. The lowest BCUT2D eigenvalue weighted by molar-refractivity contribution is 0.186. The smallest absolute Gasteiger partial charge is 0.203 e. The van der Waals surface area contributed by atoms with Gasteiger partial charge in [0.05, 0.1) is 26.6 Å². The van der Waals surface area contributed by atoms with Gasteiger partial charge in [-0.2, -0.15) is 5.10 Å². The molecular weight excluding hydrogens is 396 g/mol. The third-order valence-corrected chi connectivity index (χ3v) is 6.23. The second-order valence-corrected chi connectivity index (χ2v) is 8.04. The number of nitrogens with zero attached hydrogens (tertiary/aromatic N) is 4. The summed E-state index contributed by atoms with van der Waals surface area (Å²) < 4.78 is 15.8. The second kappa shape index (κ2) is 8.62. The van der Waals surface area contributed by atoms with Crippen molar-refractivity contribution in [3.63, 3.8) is 0 Å². The highest BCUT2D eigenvalue weighted by molar-refractivity contribution is 7.71. The topological polar surface area (TPSA) is 44.5 Å². The van der Waals surface area contributed by atoms with Crippen LogP contribution in [0.25, 0.3) is 5.69 Å². The summed E-state index contributed by atoms with van der Waals surface area (Å²) in [6.07, 6.45) is 2.18. The van der Waals surface area contributed by atoms with E-state index in [2.05, 4.69) is 34.6 Å². The van der Waals surface area contributed by atoms with Crippen molar-refractivity contribution in [2.75, 3.05) is 20.8 Å². The van der Waals surface area contributed by atoms with E-state index in [1.165, 1.54) is 5.56 Å². The molecule has 4 rings (SSSR count). The van der Waals surface area contributed by atoms with Gasteiger partial charge < -0.3 is 9.47 Å². The Morgan fingerprint density at radius 3 is 2.63 bits per heavy atom. The van der Waals surface area contributed by atoms with E-state index < -0.39 is 0 Å². The Bertz CT molecular complexity index is 1100. The molecule has 7 heteroatoms. The third-order valence-electron chi connectivity index (χ3n) is 5.83. The van der Waals surface area contributed by atoms with Crippen molar-refractivity contribution in [2.45, 2.75) is 39.4 Å². The molecule has 1 aliphatic rings. The van der Waals surface area contributed by atoms with Gasteiger partial charge in [-0.25, -0.2) is 4.68 Å². The first-order valence-electron chi connectivity index (χ1n) is 10.2. The van der Waals surface area contributed by atoms with Crippen LogP contribution in [0.3, 0.4) is 0 Å². The molecule has 0 amide bonds. The molecule has 2 heterocycles. The lowest BCUT2D eigenvalue weighted by Gasteiger charge is -2.26. The zero-order valence-electron chi connectivity index (χ0n) is 18.0. The average Bonchev–Trinajstić information content (AvgIpc) is 3.32. The van der Waals surface area contributed by atoms with Crippen molar-refractivity contribution >= 4 is 12.2 Å². The molecule has 30 heavy (non-hydrogen) atoms. The van der Waals surface area contributed by atoms with Crippen LogP contribution >= 0.6 is 12.2 Å². The fourth-order valence-electron chi connectivity index (χ4n) is 4.32. The second-order valence-electron chi connectivity index (χ2n) is 7.67. The molecule has 1 aromatic heterocycles. The quantitative estimate of drug-likeness (QED) is 0.530. The van der Waals surface area contributed by atoms with Crippen molar-refractivity contribution in [2.24, 2.45) is 0 Å². The summed E-state index contributed by atoms with van der Waals surface area (Å²) in [5, 5.41) is 4.77. The predicted molar refractivity (Wildman–Crippen MR) is 120 cm³/mol. The van der Waals surface area contributed by atoms with Crippen LogP contribution in [0.5, 0.6) is 11.5 Å². The van der Waals surface area contributed by atoms with Gasteiger partial charge in [-0.3, -0.25) is 9.47 Å². The summed E-state index contributed by atoms with van der Waals surface area (Å²) in [7, 11) is 3.41. The third kappa shape index (κ3) is 3.75. The maximum atomic E-state index is 5.82. The molecule has 0 aliphatic carbocycles. The highest BCUT2D eigenvalue weighted by Crippen LogP contribution is 2.39. The van der Waals surface area contributed by atoms with E-state index in [0.29, 0.717) is 11.4 Å². The molecule has 158 valence electrons. The Morgan fingerprint density at radius 2 is 1.90 bits per heavy atom. The van der Waals surface area contributed by atoms with Gasteiger partial charge >= 0.3 is 0 Å². The zero-order chi connectivity index (χ0) is 21.3.